The third kappa shape index (κ3) is 2.35. The molecule has 0 bridgehead atoms. The van der Waals surface area contributed by atoms with E-state index in [1.807, 2.05) is 6.07 Å². The maximum atomic E-state index is 5.92. The summed E-state index contributed by atoms with van der Waals surface area (Å²) in [5.41, 5.74) is 8.06. The highest BCUT2D eigenvalue weighted by Gasteiger charge is 2.23. The van der Waals surface area contributed by atoms with E-state index in [-0.39, 0.29) is 0 Å². The first-order chi connectivity index (χ1) is 9.15. The van der Waals surface area contributed by atoms with Gasteiger partial charge in [0.15, 0.2) is 0 Å². The van der Waals surface area contributed by atoms with Gasteiger partial charge >= 0.3 is 0 Å². The zero-order valence-corrected chi connectivity index (χ0v) is 11.8. The number of hydrogen-bond donors (Lipinski definition) is 1. The van der Waals surface area contributed by atoms with Crippen molar-refractivity contribution in [2.75, 3.05) is 19.8 Å². The van der Waals surface area contributed by atoms with Crippen molar-refractivity contribution in [2.45, 2.75) is 37.8 Å². The molecule has 102 valence electrons. The Hall–Kier alpha value is -1.48. The van der Waals surface area contributed by atoms with Gasteiger partial charge < -0.3 is 15.2 Å². The molecule has 0 amide bonds. The van der Waals surface area contributed by atoms with E-state index in [0.29, 0.717) is 6.04 Å². The molecule has 1 aromatic heterocycles. The maximum Gasteiger partial charge on any atom is 0.0503 e. The van der Waals surface area contributed by atoms with Crippen LogP contribution >= 0.6 is 0 Å². The Balaban J connectivity index is 1.84. The van der Waals surface area contributed by atoms with Gasteiger partial charge in [-0.15, -0.1) is 0 Å². The number of nitrogens with zero attached hydrogens (tertiary/aromatic N) is 2. The van der Waals surface area contributed by atoms with Crippen LogP contribution in [0, 0.1) is 0 Å². The molecule has 1 aromatic carbocycles. The molecule has 0 spiro atoms. The molecule has 1 saturated carbocycles. The summed E-state index contributed by atoms with van der Waals surface area (Å²) >= 11 is 0. The quantitative estimate of drug-likeness (QED) is 0.838. The van der Waals surface area contributed by atoms with Gasteiger partial charge in [0, 0.05) is 24.0 Å². The summed E-state index contributed by atoms with van der Waals surface area (Å²) in [6.07, 6.45) is 7.34. The largest absolute Gasteiger partial charge is 0.399 e. The van der Waals surface area contributed by atoms with E-state index in [9.17, 15) is 0 Å². The average Bonchev–Trinajstić information content (AvgIpc) is 2.81. The summed E-state index contributed by atoms with van der Waals surface area (Å²) in [7, 11) is 4.38. The number of nitrogens with two attached hydrogens (primary N) is 1. The lowest BCUT2D eigenvalue weighted by Gasteiger charge is -2.33. The molecule has 3 heteroatoms. The normalized spacial score (nSPS) is 24.2. The minimum atomic E-state index is 0.635. The van der Waals surface area contributed by atoms with Crippen LogP contribution in [0.4, 0.5) is 5.69 Å². The van der Waals surface area contributed by atoms with Crippen LogP contribution in [0.2, 0.25) is 0 Å². The van der Waals surface area contributed by atoms with E-state index >= 15 is 0 Å². The minimum Gasteiger partial charge on any atom is -0.399 e. The lowest BCUT2D eigenvalue weighted by atomic mass is 9.90. The number of benzene rings is 1. The summed E-state index contributed by atoms with van der Waals surface area (Å²) in [6, 6.07) is 9.79. The van der Waals surface area contributed by atoms with Crippen molar-refractivity contribution in [1.82, 2.24) is 9.47 Å². The van der Waals surface area contributed by atoms with E-state index in [0.717, 1.165) is 11.7 Å². The van der Waals surface area contributed by atoms with Crippen molar-refractivity contribution in [3.63, 3.8) is 0 Å². The van der Waals surface area contributed by atoms with Crippen LogP contribution in [0.25, 0.3) is 10.9 Å². The number of nitrogen functional groups attached to an aromatic ring is 1. The van der Waals surface area contributed by atoms with Gasteiger partial charge in [-0.05, 0) is 63.4 Å². The molecule has 1 heterocycles. The second-order valence-electron chi connectivity index (χ2n) is 5.97. The number of hydrogen-bond acceptors (Lipinski definition) is 2. The third-order valence-corrected chi connectivity index (χ3v) is 4.54. The summed E-state index contributed by atoms with van der Waals surface area (Å²) in [6.45, 7) is 0. The standard InChI is InChI=1S/C16H23N3/c1-18(2)14-5-7-15(8-6-14)19-10-9-12-3-4-13(17)11-16(12)19/h3-4,9-11,14-15H,5-8,17H2,1-2H3/t14-,15+. The van der Waals surface area contributed by atoms with Gasteiger partial charge in [-0.3, -0.25) is 0 Å². The Morgan fingerprint density at radius 1 is 1.11 bits per heavy atom. The summed E-state index contributed by atoms with van der Waals surface area (Å²) in [5.74, 6) is 0. The van der Waals surface area contributed by atoms with E-state index in [1.54, 1.807) is 0 Å². The molecule has 0 radical (unpaired) electrons. The molecule has 0 aliphatic heterocycles. The van der Waals surface area contributed by atoms with Crippen molar-refractivity contribution in [2.24, 2.45) is 0 Å². The lowest BCUT2D eigenvalue weighted by Crippen LogP contribution is -2.32. The first-order valence-corrected chi connectivity index (χ1v) is 7.17. The number of anilines is 1. The average molecular weight is 257 g/mol. The first kappa shape index (κ1) is 12.5. The van der Waals surface area contributed by atoms with Gasteiger partial charge in [-0.2, -0.15) is 0 Å². The summed E-state index contributed by atoms with van der Waals surface area (Å²) in [4.78, 5) is 2.36. The Bertz CT molecular complexity index is 562. The number of aromatic nitrogens is 1. The lowest BCUT2D eigenvalue weighted by molar-refractivity contribution is 0.197. The van der Waals surface area contributed by atoms with Gasteiger partial charge in [0.05, 0.1) is 5.52 Å². The van der Waals surface area contributed by atoms with E-state index < -0.39 is 0 Å². The predicted molar refractivity (Wildman–Crippen MR) is 81.3 cm³/mol. The highest BCUT2D eigenvalue weighted by atomic mass is 15.1. The minimum absolute atomic E-state index is 0.635. The molecule has 1 aliphatic rings. The van der Waals surface area contributed by atoms with Crippen LogP contribution in [-0.2, 0) is 0 Å². The Labute approximate surface area is 115 Å². The van der Waals surface area contributed by atoms with Crippen LogP contribution in [0.15, 0.2) is 30.5 Å². The van der Waals surface area contributed by atoms with Crippen molar-refractivity contribution in [3.05, 3.63) is 30.5 Å². The zero-order valence-electron chi connectivity index (χ0n) is 11.8. The van der Waals surface area contributed by atoms with E-state index in [4.69, 9.17) is 5.73 Å². The second kappa shape index (κ2) is 4.89. The van der Waals surface area contributed by atoms with Gasteiger partial charge in [0.25, 0.3) is 0 Å². The number of fused-ring (bicyclic) bond motifs is 1. The third-order valence-electron chi connectivity index (χ3n) is 4.54. The molecule has 0 saturated heterocycles. The fourth-order valence-corrected chi connectivity index (χ4v) is 3.34. The van der Waals surface area contributed by atoms with E-state index in [1.165, 1.54) is 36.6 Å². The predicted octanol–water partition coefficient (Wildman–Crippen LogP) is 3.27. The Kier molecular flexibility index (Phi) is 3.23. The zero-order chi connectivity index (χ0) is 13.4. The molecule has 2 N–H and O–H groups in total. The Morgan fingerprint density at radius 3 is 2.53 bits per heavy atom. The number of rotatable bonds is 2. The molecule has 1 aliphatic carbocycles. The molecule has 2 aromatic rings. The molecule has 3 rings (SSSR count). The molecular weight excluding hydrogens is 234 g/mol. The molecular formula is C16H23N3. The van der Waals surface area contributed by atoms with Crippen molar-refractivity contribution in [3.8, 4) is 0 Å². The SMILES string of the molecule is CN(C)[C@H]1CC[C@@H](n2ccc3ccc(N)cc32)CC1. The van der Waals surface area contributed by atoms with Crippen LogP contribution in [0.1, 0.15) is 31.7 Å². The second-order valence-corrected chi connectivity index (χ2v) is 5.97. The first-order valence-electron chi connectivity index (χ1n) is 7.17. The molecule has 1 fully saturated rings. The van der Waals surface area contributed by atoms with Crippen molar-refractivity contribution >= 4 is 16.6 Å². The van der Waals surface area contributed by atoms with Gasteiger partial charge in [-0.25, -0.2) is 0 Å². The van der Waals surface area contributed by atoms with Crippen molar-refractivity contribution < 1.29 is 0 Å². The summed E-state index contributed by atoms with van der Waals surface area (Å²) in [5, 5.41) is 1.30. The highest BCUT2D eigenvalue weighted by molar-refractivity contribution is 5.83. The van der Waals surface area contributed by atoms with Gasteiger partial charge in [0.1, 0.15) is 0 Å². The molecule has 3 nitrogen and oxygen atoms in total. The molecule has 19 heavy (non-hydrogen) atoms. The summed E-state index contributed by atoms with van der Waals surface area (Å²) < 4.78 is 2.43. The van der Waals surface area contributed by atoms with Crippen LogP contribution in [-0.4, -0.2) is 29.6 Å². The van der Waals surface area contributed by atoms with Crippen LogP contribution < -0.4 is 5.73 Å². The fourth-order valence-electron chi connectivity index (χ4n) is 3.34. The van der Waals surface area contributed by atoms with Crippen molar-refractivity contribution in [1.29, 1.82) is 0 Å². The highest BCUT2D eigenvalue weighted by Crippen LogP contribution is 2.33. The van der Waals surface area contributed by atoms with Gasteiger partial charge in [-0.1, -0.05) is 6.07 Å². The molecule has 0 atom stereocenters. The maximum absolute atomic E-state index is 5.92. The fraction of sp³-hybridized carbons (Fsp3) is 0.500. The monoisotopic (exact) mass is 257 g/mol. The van der Waals surface area contributed by atoms with Crippen LogP contribution in [0.3, 0.4) is 0 Å². The topological polar surface area (TPSA) is 34.2 Å². The van der Waals surface area contributed by atoms with Gasteiger partial charge in [0.2, 0.25) is 0 Å². The van der Waals surface area contributed by atoms with E-state index in [2.05, 4.69) is 48.0 Å². The smallest absolute Gasteiger partial charge is 0.0503 e. The molecule has 0 unspecified atom stereocenters. The van der Waals surface area contributed by atoms with Crippen LogP contribution in [0.5, 0.6) is 0 Å². The Morgan fingerprint density at radius 2 is 1.84 bits per heavy atom.